The summed E-state index contributed by atoms with van der Waals surface area (Å²) in [5, 5.41) is 9.79. The first-order valence-corrected chi connectivity index (χ1v) is 17.6. The largest absolute Gasteiger partial charge is 0.228 e. The molecule has 50 heavy (non-hydrogen) atoms. The van der Waals surface area contributed by atoms with Gasteiger partial charge in [-0.15, -0.1) is 0 Å². The van der Waals surface area contributed by atoms with E-state index in [-0.39, 0.29) is 5.41 Å². The lowest BCUT2D eigenvalue weighted by atomic mass is 9.67. The summed E-state index contributed by atoms with van der Waals surface area (Å²) in [5.41, 5.74) is 15.6. The second kappa shape index (κ2) is 12.4. The number of benzene rings is 6. The molecule has 238 valence electrons. The first kappa shape index (κ1) is 30.0. The molecule has 0 saturated heterocycles. The normalized spacial score (nSPS) is 14.1. The average molecular weight is 642 g/mol. The van der Waals surface area contributed by atoms with Crippen molar-refractivity contribution in [2.45, 2.75) is 37.5 Å². The molecule has 0 N–H and O–H groups in total. The van der Waals surface area contributed by atoms with Gasteiger partial charge in [0.1, 0.15) is 0 Å². The fraction of sp³-hybridized carbons (Fsp3) is 0.128. The number of aromatic nitrogens is 2. The lowest BCUT2D eigenvalue weighted by Crippen LogP contribution is -2.28. The fourth-order valence-corrected chi connectivity index (χ4v) is 8.31. The van der Waals surface area contributed by atoms with Crippen molar-refractivity contribution in [2.75, 3.05) is 0 Å². The van der Waals surface area contributed by atoms with E-state index in [0.717, 1.165) is 57.6 Å². The number of fused-ring (bicyclic) bond motifs is 5. The predicted molar refractivity (Wildman–Crippen MR) is 203 cm³/mol. The van der Waals surface area contributed by atoms with Crippen molar-refractivity contribution in [1.82, 2.24) is 9.97 Å². The smallest absolute Gasteiger partial charge is 0.160 e. The lowest BCUT2D eigenvalue weighted by molar-refractivity contribution is 0.353. The molecule has 1 spiro atoms. The quantitative estimate of drug-likeness (QED) is 0.188. The Balaban J connectivity index is 1.18. The van der Waals surface area contributed by atoms with E-state index in [0.29, 0.717) is 5.82 Å². The maximum Gasteiger partial charge on any atom is 0.160 e. The molecular weight excluding hydrogens is 607 g/mol. The van der Waals surface area contributed by atoms with Crippen LogP contribution in [0.5, 0.6) is 0 Å². The number of hydrogen-bond donors (Lipinski definition) is 0. The molecule has 1 aromatic heterocycles. The third-order valence-corrected chi connectivity index (χ3v) is 10.8. The first-order chi connectivity index (χ1) is 24.7. The van der Waals surface area contributed by atoms with Crippen LogP contribution in [0.2, 0.25) is 0 Å². The lowest BCUT2D eigenvalue weighted by Gasteiger charge is -2.36. The SMILES string of the molecule is N#Cc1ccc2c(c1)C1(CCCCC1)c1ccc(-c3ccccc3-c3cc(-c4ccc(-c5ccccc5)cc4)nc(-c4ccccc4)n3)cc1-2. The molecule has 2 aliphatic carbocycles. The van der Waals surface area contributed by atoms with Gasteiger partial charge >= 0.3 is 0 Å². The van der Waals surface area contributed by atoms with E-state index in [4.69, 9.17) is 9.97 Å². The zero-order valence-corrected chi connectivity index (χ0v) is 27.8. The minimum atomic E-state index is -0.00394. The third kappa shape index (κ3) is 5.13. The van der Waals surface area contributed by atoms with Crippen LogP contribution in [-0.2, 0) is 5.41 Å². The van der Waals surface area contributed by atoms with Gasteiger partial charge in [0.05, 0.1) is 23.0 Å². The minimum Gasteiger partial charge on any atom is -0.228 e. The average Bonchev–Trinajstić information content (AvgIpc) is 3.45. The van der Waals surface area contributed by atoms with Crippen molar-refractivity contribution in [2.24, 2.45) is 0 Å². The molecule has 1 saturated carbocycles. The van der Waals surface area contributed by atoms with Crippen molar-refractivity contribution in [1.29, 1.82) is 5.26 Å². The number of rotatable bonds is 5. The van der Waals surface area contributed by atoms with E-state index in [9.17, 15) is 5.26 Å². The van der Waals surface area contributed by atoms with Crippen LogP contribution in [0, 0.1) is 11.3 Å². The zero-order chi connectivity index (χ0) is 33.5. The van der Waals surface area contributed by atoms with Gasteiger partial charge in [0.25, 0.3) is 0 Å². The highest BCUT2D eigenvalue weighted by Crippen LogP contribution is 2.56. The molecular formula is C47H35N3. The highest BCUT2D eigenvalue weighted by atomic mass is 14.9. The highest BCUT2D eigenvalue weighted by molar-refractivity contribution is 5.89. The van der Waals surface area contributed by atoms with Gasteiger partial charge in [-0.2, -0.15) is 5.26 Å². The van der Waals surface area contributed by atoms with Crippen LogP contribution >= 0.6 is 0 Å². The molecule has 0 amide bonds. The maximum atomic E-state index is 9.79. The van der Waals surface area contributed by atoms with Crippen molar-refractivity contribution in [3.05, 3.63) is 168 Å². The van der Waals surface area contributed by atoms with E-state index >= 15 is 0 Å². The predicted octanol–water partition coefficient (Wildman–Crippen LogP) is 11.9. The van der Waals surface area contributed by atoms with Gasteiger partial charge in [-0.3, -0.25) is 0 Å². The summed E-state index contributed by atoms with van der Waals surface area (Å²) in [7, 11) is 0. The molecule has 0 atom stereocenters. The van der Waals surface area contributed by atoms with E-state index in [2.05, 4.69) is 127 Å². The van der Waals surface area contributed by atoms with Crippen molar-refractivity contribution < 1.29 is 0 Å². The summed E-state index contributed by atoms with van der Waals surface area (Å²) >= 11 is 0. The molecule has 3 nitrogen and oxygen atoms in total. The molecule has 0 bridgehead atoms. The van der Waals surface area contributed by atoms with Crippen LogP contribution in [0.25, 0.3) is 67.3 Å². The Kier molecular flexibility index (Phi) is 7.44. The van der Waals surface area contributed by atoms with E-state index < -0.39 is 0 Å². The topological polar surface area (TPSA) is 49.6 Å². The van der Waals surface area contributed by atoms with Crippen LogP contribution in [0.3, 0.4) is 0 Å². The van der Waals surface area contributed by atoms with E-state index in [1.54, 1.807) is 0 Å². The number of nitriles is 1. The molecule has 0 unspecified atom stereocenters. The third-order valence-electron chi connectivity index (χ3n) is 10.8. The molecule has 0 aliphatic heterocycles. The summed E-state index contributed by atoms with van der Waals surface area (Å²) in [6.45, 7) is 0. The van der Waals surface area contributed by atoms with Gasteiger partial charge < -0.3 is 0 Å². The molecule has 9 rings (SSSR count). The molecule has 6 aromatic carbocycles. The van der Waals surface area contributed by atoms with Gasteiger partial charge in [-0.1, -0.05) is 147 Å². The Labute approximate surface area is 293 Å². The summed E-state index contributed by atoms with van der Waals surface area (Å²) in [6.07, 6.45) is 5.98. The van der Waals surface area contributed by atoms with Crippen LogP contribution < -0.4 is 0 Å². The summed E-state index contributed by atoms with van der Waals surface area (Å²) in [5.74, 6) is 0.704. The molecule has 2 aliphatic rings. The van der Waals surface area contributed by atoms with Crippen LogP contribution in [0.1, 0.15) is 48.8 Å². The molecule has 0 radical (unpaired) electrons. The van der Waals surface area contributed by atoms with Gasteiger partial charge in [0, 0.05) is 22.1 Å². The van der Waals surface area contributed by atoms with Crippen molar-refractivity contribution in [3.63, 3.8) is 0 Å². The summed E-state index contributed by atoms with van der Waals surface area (Å²) in [6, 6.07) is 55.9. The van der Waals surface area contributed by atoms with Gasteiger partial charge in [0.15, 0.2) is 5.82 Å². The Morgan fingerprint density at radius 3 is 1.80 bits per heavy atom. The summed E-state index contributed by atoms with van der Waals surface area (Å²) < 4.78 is 0. The van der Waals surface area contributed by atoms with Crippen LogP contribution in [0.4, 0.5) is 0 Å². The Bertz CT molecular complexity index is 2400. The minimum absolute atomic E-state index is 0.00394. The maximum absolute atomic E-state index is 9.79. The van der Waals surface area contributed by atoms with Crippen molar-refractivity contribution in [3.8, 4) is 73.4 Å². The monoisotopic (exact) mass is 641 g/mol. The summed E-state index contributed by atoms with van der Waals surface area (Å²) in [4.78, 5) is 10.3. The first-order valence-electron chi connectivity index (χ1n) is 17.6. The number of hydrogen-bond acceptors (Lipinski definition) is 3. The van der Waals surface area contributed by atoms with E-state index in [1.165, 1.54) is 52.6 Å². The molecule has 1 heterocycles. The van der Waals surface area contributed by atoms with Gasteiger partial charge in [-0.25, -0.2) is 9.97 Å². The molecule has 7 aromatic rings. The Hall–Kier alpha value is -6.11. The van der Waals surface area contributed by atoms with E-state index in [1.807, 2.05) is 30.3 Å². The van der Waals surface area contributed by atoms with Crippen molar-refractivity contribution >= 4 is 0 Å². The number of nitrogens with zero attached hydrogens (tertiary/aromatic N) is 3. The second-order valence-electron chi connectivity index (χ2n) is 13.6. The molecule has 1 fully saturated rings. The highest BCUT2D eigenvalue weighted by Gasteiger charge is 2.44. The van der Waals surface area contributed by atoms with Crippen LogP contribution in [0.15, 0.2) is 152 Å². The Morgan fingerprint density at radius 1 is 0.440 bits per heavy atom. The Morgan fingerprint density at radius 2 is 1.06 bits per heavy atom. The fourth-order valence-electron chi connectivity index (χ4n) is 8.31. The van der Waals surface area contributed by atoms with Crippen LogP contribution in [-0.4, -0.2) is 9.97 Å². The standard InChI is InChI=1S/C47H35N3/c48-31-32-18-24-39-41-29-37(23-25-42(41)47(43(39)28-32)26-10-3-11-27-47)38-16-8-9-17-40(38)45-30-44(49-46(50-45)36-14-6-2-7-15-36)35-21-19-34(20-22-35)33-12-4-1-5-13-33/h1-2,4-9,12-25,28-30H,3,10-11,26-27H2. The zero-order valence-electron chi connectivity index (χ0n) is 27.8. The van der Waals surface area contributed by atoms with Gasteiger partial charge in [-0.05, 0) is 81.6 Å². The van der Waals surface area contributed by atoms with Gasteiger partial charge in [0.2, 0.25) is 0 Å². The molecule has 3 heteroatoms. The second-order valence-corrected chi connectivity index (χ2v) is 13.6.